The summed E-state index contributed by atoms with van der Waals surface area (Å²) in [4.78, 5) is 4.21. The minimum atomic E-state index is 0.630. The van der Waals surface area contributed by atoms with Gasteiger partial charge in [0.1, 0.15) is 6.67 Å². The van der Waals surface area contributed by atoms with Crippen molar-refractivity contribution >= 4 is 44.2 Å². The van der Waals surface area contributed by atoms with E-state index in [1.807, 2.05) is 12.3 Å². The minimum absolute atomic E-state index is 0.630. The van der Waals surface area contributed by atoms with E-state index in [9.17, 15) is 0 Å². The summed E-state index contributed by atoms with van der Waals surface area (Å²) in [6.45, 7) is 0.630. The molecule has 2 nitrogen and oxygen atoms in total. The first kappa shape index (κ1) is 17.0. The predicted molar refractivity (Wildman–Crippen MR) is 129 cm³/mol. The summed E-state index contributed by atoms with van der Waals surface area (Å²) in [6.07, 6.45) is 3.90. The number of benzene rings is 5. The van der Waals surface area contributed by atoms with Crippen molar-refractivity contribution in [3.05, 3.63) is 103 Å². The lowest BCUT2D eigenvalue weighted by Crippen LogP contribution is -2.15. The molecule has 1 N–H and O–H groups in total. The summed E-state index contributed by atoms with van der Waals surface area (Å²) in [5.41, 5.74) is 4.75. The van der Waals surface area contributed by atoms with Crippen LogP contribution >= 0.6 is 0 Å². The molecule has 142 valence electrons. The molecule has 0 aromatic heterocycles. The summed E-state index contributed by atoms with van der Waals surface area (Å²) >= 11 is 0. The molecule has 0 saturated heterocycles. The van der Waals surface area contributed by atoms with Gasteiger partial charge in [-0.05, 0) is 67.2 Å². The van der Waals surface area contributed by atoms with Crippen LogP contribution in [0, 0.1) is 0 Å². The summed E-state index contributed by atoms with van der Waals surface area (Å²) < 4.78 is 0. The number of aliphatic imine (C=N–C) groups is 1. The molecule has 6 rings (SSSR count). The highest BCUT2D eigenvalue weighted by Gasteiger charge is 2.10. The maximum Gasteiger partial charge on any atom is 0.107 e. The third kappa shape index (κ3) is 2.69. The normalized spacial score (nSPS) is 13.5. The Morgan fingerprint density at radius 3 is 1.80 bits per heavy atom. The molecule has 0 atom stereocenters. The van der Waals surface area contributed by atoms with Gasteiger partial charge in [0.15, 0.2) is 0 Å². The van der Waals surface area contributed by atoms with E-state index < -0.39 is 0 Å². The average molecular weight is 384 g/mol. The number of fused-ring (bicyclic) bond motifs is 6. The third-order valence-electron chi connectivity index (χ3n) is 5.96. The van der Waals surface area contributed by atoms with E-state index in [0.29, 0.717) is 6.67 Å². The molecule has 0 unspecified atom stereocenters. The number of allylic oxidation sites excluding steroid dienone is 1. The molecule has 0 saturated carbocycles. The monoisotopic (exact) mass is 384 g/mol. The lowest BCUT2D eigenvalue weighted by Gasteiger charge is -2.14. The Bertz CT molecular complexity index is 1460. The molecule has 0 aliphatic carbocycles. The quantitative estimate of drug-likeness (QED) is 0.333. The second-order valence-electron chi connectivity index (χ2n) is 7.68. The van der Waals surface area contributed by atoms with Crippen molar-refractivity contribution in [3.8, 4) is 11.1 Å². The lowest BCUT2D eigenvalue weighted by molar-refractivity contribution is 0.899. The van der Waals surface area contributed by atoms with E-state index in [4.69, 9.17) is 0 Å². The Morgan fingerprint density at radius 2 is 1.13 bits per heavy atom. The number of hydrogen-bond donors (Lipinski definition) is 1. The van der Waals surface area contributed by atoms with Crippen LogP contribution < -0.4 is 5.32 Å². The summed E-state index contributed by atoms with van der Waals surface area (Å²) in [5, 5.41) is 11.2. The Kier molecular flexibility index (Phi) is 3.88. The Morgan fingerprint density at radius 1 is 0.533 bits per heavy atom. The van der Waals surface area contributed by atoms with Crippen molar-refractivity contribution in [2.75, 3.05) is 6.67 Å². The maximum absolute atomic E-state index is 4.21. The molecule has 1 heterocycles. The summed E-state index contributed by atoms with van der Waals surface area (Å²) in [5.74, 6) is 0. The van der Waals surface area contributed by atoms with Gasteiger partial charge in [0.25, 0.3) is 0 Å². The van der Waals surface area contributed by atoms with Gasteiger partial charge in [-0.2, -0.15) is 0 Å². The van der Waals surface area contributed by atoms with Crippen LogP contribution in [0.5, 0.6) is 0 Å². The Hall–Kier alpha value is -3.91. The first-order valence-electron chi connectivity index (χ1n) is 10.3. The first-order chi connectivity index (χ1) is 14.9. The smallest absolute Gasteiger partial charge is 0.107 e. The van der Waals surface area contributed by atoms with Gasteiger partial charge >= 0.3 is 0 Å². The summed E-state index contributed by atoms with van der Waals surface area (Å²) in [6, 6.07) is 33.0. The molecule has 30 heavy (non-hydrogen) atoms. The fourth-order valence-corrected chi connectivity index (χ4v) is 4.52. The topological polar surface area (TPSA) is 24.4 Å². The first-order valence-corrected chi connectivity index (χ1v) is 10.3. The fourth-order valence-electron chi connectivity index (χ4n) is 4.52. The third-order valence-corrected chi connectivity index (χ3v) is 5.96. The van der Waals surface area contributed by atoms with Crippen LogP contribution in [0.3, 0.4) is 0 Å². The van der Waals surface area contributed by atoms with Gasteiger partial charge < -0.3 is 5.32 Å². The zero-order chi connectivity index (χ0) is 19.9. The number of nitrogens with one attached hydrogen (secondary N) is 1. The van der Waals surface area contributed by atoms with Gasteiger partial charge in [0, 0.05) is 11.9 Å². The van der Waals surface area contributed by atoms with Gasteiger partial charge in [-0.25, -0.2) is 0 Å². The molecular weight excluding hydrogens is 364 g/mol. The molecule has 0 radical (unpaired) electrons. The molecule has 2 heteroatoms. The molecule has 0 bridgehead atoms. The standard InChI is InChI=1S/C28H20N2/c1-2-10-24-22(8-1)23-9-3-4-11-25(23)27-17-20(12-13-26(24)27)19-6-5-7-21(16-19)28-14-15-29-18-30-28/h1-17,30H,18H2. The minimum Gasteiger partial charge on any atom is -0.366 e. The lowest BCUT2D eigenvalue weighted by atomic mass is 9.92. The molecule has 1 aliphatic heterocycles. The van der Waals surface area contributed by atoms with Crippen molar-refractivity contribution < 1.29 is 0 Å². The average Bonchev–Trinajstić information content (AvgIpc) is 2.84. The van der Waals surface area contributed by atoms with Gasteiger partial charge in [-0.15, -0.1) is 0 Å². The predicted octanol–water partition coefficient (Wildman–Crippen LogP) is 6.79. The largest absolute Gasteiger partial charge is 0.366 e. The van der Waals surface area contributed by atoms with Crippen LogP contribution in [0.2, 0.25) is 0 Å². The van der Waals surface area contributed by atoms with E-state index >= 15 is 0 Å². The second kappa shape index (κ2) is 6.85. The van der Waals surface area contributed by atoms with Crippen LogP contribution in [0.25, 0.3) is 49.1 Å². The highest BCUT2D eigenvalue weighted by molar-refractivity contribution is 6.25. The SMILES string of the molecule is C1=NCNC(c2cccc(-c3ccc4c5ccccc5c5ccccc5c4c3)c2)=C1. The highest BCUT2D eigenvalue weighted by atomic mass is 15.0. The fraction of sp³-hybridized carbons (Fsp3) is 0.0357. The van der Waals surface area contributed by atoms with E-state index in [2.05, 4.69) is 101 Å². The molecular formula is C28H20N2. The molecule has 0 spiro atoms. The number of nitrogens with zero attached hydrogens (tertiary/aromatic N) is 1. The summed E-state index contributed by atoms with van der Waals surface area (Å²) in [7, 11) is 0. The second-order valence-corrected chi connectivity index (χ2v) is 7.68. The van der Waals surface area contributed by atoms with Gasteiger partial charge in [0.05, 0.1) is 0 Å². The zero-order valence-corrected chi connectivity index (χ0v) is 16.5. The van der Waals surface area contributed by atoms with Gasteiger partial charge in [0.2, 0.25) is 0 Å². The number of rotatable bonds is 2. The number of hydrogen-bond acceptors (Lipinski definition) is 2. The molecule has 0 amide bonds. The maximum atomic E-state index is 4.21. The van der Waals surface area contributed by atoms with E-state index in [1.54, 1.807) is 0 Å². The van der Waals surface area contributed by atoms with Crippen LogP contribution in [0.1, 0.15) is 5.56 Å². The molecule has 1 aliphatic rings. The Labute approximate surface area is 175 Å². The van der Waals surface area contributed by atoms with Crippen molar-refractivity contribution in [2.45, 2.75) is 0 Å². The molecule has 5 aromatic carbocycles. The van der Waals surface area contributed by atoms with Gasteiger partial charge in [-0.3, -0.25) is 4.99 Å². The van der Waals surface area contributed by atoms with Gasteiger partial charge in [-0.1, -0.05) is 78.9 Å². The van der Waals surface area contributed by atoms with E-state index in [-0.39, 0.29) is 0 Å². The van der Waals surface area contributed by atoms with Crippen LogP contribution in [0.15, 0.2) is 102 Å². The Balaban J connectivity index is 1.59. The van der Waals surface area contributed by atoms with Crippen LogP contribution in [-0.4, -0.2) is 12.9 Å². The zero-order valence-electron chi connectivity index (χ0n) is 16.5. The molecule has 5 aromatic rings. The van der Waals surface area contributed by atoms with Crippen LogP contribution in [-0.2, 0) is 0 Å². The highest BCUT2D eigenvalue weighted by Crippen LogP contribution is 2.37. The van der Waals surface area contributed by atoms with Crippen molar-refractivity contribution in [1.29, 1.82) is 0 Å². The van der Waals surface area contributed by atoms with Crippen LogP contribution in [0.4, 0.5) is 0 Å². The molecule has 0 fully saturated rings. The van der Waals surface area contributed by atoms with E-state index in [1.165, 1.54) is 49.0 Å². The van der Waals surface area contributed by atoms with Crippen molar-refractivity contribution in [3.63, 3.8) is 0 Å². The van der Waals surface area contributed by atoms with Crippen molar-refractivity contribution in [1.82, 2.24) is 5.32 Å². The van der Waals surface area contributed by atoms with Crippen molar-refractivity contribution in [2.24, 2.45) is 4.99 Å². The van der Waals surface area contributed by atoms with E-state index in [0.717, 1.165) is 5.70 Å².